The van der Waals surface area contributed by atoms with Gasteiger partial charge in [-0.3, -0.25) is 0 Å². The van der Waals surface area contributed by atoms with Crippen LogP contribution in [0.4, 0.5) is 0 Å². The summed E-state index contributed by atoms with van der Waals surface area (Å²) in [7, 11) is 3.08. The Labute approximate surface area is 152 Å². The molecular formula is C20H23N3O3. The van der Waals surface area contributed by atoms with Crippen molar-refractivity contribution in [3.63, 3.8) is 0 Å². The number of fused-ring (bicyclic) bond motifs is 1. The molecule has 6 nitrogen and oxygen atoms in total. The van der Waals surface area contributed by atoms with E-state index in [0.29, 0.717) is 34.1 Å². The molecule has 0 saturated heterocycles. The van der Waals surface area contributed by atoms with Crippen LogP contribution >= 0.6 is 0 Å². The Kier molecular flexibility index (Phi) is 4.78. The molecule has 0 spiro atoms. The van der Waals surface area contributed by atoms with E-state index >= 15 is 0 Å². The molecule has 1 N–H and O–H groups in total. The Balaban J connectivity index is 2.33. The maximum absolute atomic E-state index is 11.0. The standard InChI is InChI=1S/C20H23N3O3/c1-20(2,3)19-22-13-11-21-17(25-4)15(14(13)18(23-19)26-5)16(24)12-9-7-6-8-10-12/h6-11,16,24H,1-5H3. The van der Waals surface area contributed by atoms with Crippen molar-refractivity contribution in [3.05, 3.63) is 53.5 Å². The number of aromatic nitrogens is 3. The minimum Gasteiger partial charge on any atom is -0.481 e. The quantitative estimate of drug-likeness (QED) is 0.774. The van der Waals surface area contributed by atoms with E-state index in [2.05, 4.69) is 15.0 Å². The minimum atomic E-state index is -0.944. The van der Waals surface area contributed by atoms with Gasteiger partial charge in [0, 0.05) is 5.41 Å². The third-order valence-corrected chi connectivity index (χ3v) is 4.15. The average Bonchev–Trinajstić information content (AvgIpc) is 2.65. The second-order valence-electron chi connectivity index (χ2n) is 7.06. The predicted molar refractivity (Wildman–Crippen MR) is 99.6 cm³/mol. The lowest BCUT2D eigenvalue weighted by atomic mass is 9.94. The lowest BCUT2D eigenvalue weighted by Crippen LogP contribution is -2.17. The van der Waals surface area contributed by atoms with Crippen molar-refractivity contribution < 1.29 is 14.6 Å². The number of hydrogen-bond acceptors (Lipinski definition) is 6. The highest BCUT2D eigenvalue weighted by atomic mass is 16.5. The van der Waals surface area contributed by atoms with E-state index in [-0.39, 0.29) is 5.41 Å². The molecule has 0 fully saturated rings. The molecule has 1 aromatic carbocycles. The van der Waals surface area contributed by atoms with Crippen molar-refractivity contribution in [1.29, 1.82) is 0 Å². The van der Waals surface area contributed by atoms with Crippen LogP contribution in [-0.4, -0.2) is 34.3 Å². The molecule has 1 atom stereocenters. The normalized spacial score (nSPS) is 12.8. The average molecular weight is 353 g/mol. The summed E-state index contributed by atoms with van der Waals surface area (Å²) in [6.07, 6.45) is 0.676. The van der Waals surface area contributed by atoms with Crippen LogP contribution in [0.25, 0.3) is 10.9 Å². The number of rotatable bonds is 4. The first kappa shape index (κ1) is 18.1. The Morgan fingerprint density at radius 1 is 0.962 bits per heavy atom. The summed E-state index contributed by atoms with van der Waals surface area (Å²) in [5.41, 5.74) is 1.57. The number of aliphatic hydroxyl groups is 1. The molecule has 3 rings (SSSR count). The van der Waals surface area contributed by atoms with E-state index in [9.17, 15) is 5.11 Å². The zero-order chi connectivity index (χ0) is 18.9. The van der Waals surface area contributed by atoms with Gasteiger partial charge in [0.05, 0.1) is 36.9 Å². The molecular weight excluding hydrogens is 330 g/mol. The first-order valence-corrected chi connectivity index (χ1v) is 8.39. The first-order chi connectivity index (χ1) is 12.4. The zero-order valence-electron chi connectivity index (χ0n) is 15.6. The SMILES string of the molecule is COc1ncc2nc(C(C)(C)C)nc(OC)c2c1C(O)c1ccccc1. The van der Waals surface area contributed by atoms with E-state index in [1.54, 1.807) is 13.3 Å². The van der Waals surface area contributed by atoms with E-state index in [4.69, 9.17) is 9.47 Å². The first-order valence-electron chi connectivity index (χ1n) is 8.39. The maximum Gasteiger partial charge on any atom is 0.225 e. The van der Waals surface area contributed by atoms with Crippen molar-refractivity contribution in [2.45, 2.75) is 32.3 Å². The minimum absolute atomic E-state index is 0.250. The van der Waals surface area contributed by atoms with Gasteiger partial charge in [0.2, 0.25) is 11.8 Å². The van der Waals surface area contributed by atoms with Crippen molar-refractivity contribution in [2.75, 3.05) is 14.2 Å². The van der Waals surface area contributed by atoms with E-state index in [0.717, 1.165) is 5.56 Å². The Hall–Kier alpha value is -2.73. The summed E-state index contributed by atoms with van der Waals surface area (Å²) in [5, 5.41) is 11.6. The highest BCUT2D eigenvalue weighted by Crippen LogP contribution is 2.38. The molecule has 1 unspecified atom stereocenters. The second-order valence-corrected chi connectivity index (χ2v) is 7.06. The summed E-state index contributed by atoms with van der Waals surface area (Å²) in [5.74, 6) is 1.36. The summed E-state index contributed by atoms with van der Waals surface area (Å²) < 4.78 is 11.0. The van der Waals surface area contributed by atoms with Gasteiger partial charge in [0.25, 0.3) is 0 Å². The van der Waals surface area contributed by atoms with Crippen LogP contribution in [0.15, 0.2) is 36.5 Å². The Morgan fingerprint density at radius 3 is 2.19 bits per heavy atom. The van der Waals surface area contributed by atoms with Gasteiger partial charge in [-0.05, 0) is 5.56 Å². The highest BCUT2D eigenvalue weighted by Gasteiger charge is 2.27. The number of benzene rings is 1. The molecule has 3 aromatic rings. The third-order valence-electron chi connectivity index (χ3n) is 4.15. The molecule has 0 radical (unpaired) electrons. The smallest absolute Gasteiger partial charge is 0.225 e. The van der Waals surface area contributed by atoms with Crippen LogP contribution < -0.4 is 9.47 Å². The predicted octanol–water partition coefficient (Wildman–Crippen LogP) is 3.42. The van der Waals surface area contributed by atoms with Gasteiger partial charge in [0.1, 0.15) is 11.9 Å². The molecule has 26 heavy (non-hydrogen) atoms. The van der Waals surface area contributed by atoms with Crippen LogP contribution in [0.3, 0.4) is 0 Å². The van der Waals surface area contributed by atoms with Crippen molar-refractivity contribution in [2.24, 2.45) is 0 Å². The molecule has 0 bridgehead atoms. The molecule has 0 aliphatic heterocycles. The largest absolute Gasteiger partial charge is 0.481 e. The molecule has 136 valence electrons. The lowest BCUT2D eigenvalue weighted by molar-refractivity contribution is 0.214. The van der Waals surface area contributed by atoms with Crippen molar-refractivity contribution in [1.82, 2.24) is 15.0 Å². The Morgan fingerprint density at radius 2 is 1.62 bits per heavy atom. The van der Waals surface area contributed by atoms with Crippen LogP contribution in [0.2, 0.25) is 0 Å². The number of ether oxygens (including phenoxy) is 2. The van der Waals surface area contributed by atoms with Gasteiger partial charge in [0.15, 0.2) is 0 Å². The summed E-state index contributed by atoms with van der Waals surface area (Å²) >= 11 is 0. The molecule has 0 amide bonds. The van der Waals surface area contributed by atoms with Crippen molar-refractivity contribution >= 4 is 10.9 Å². The van der Waals surface area contributed by atoms with Gasteiger partial charge in [-0.15, -0.1) is 0 Å². The Bertz CT molecular complexity index is 921. The zero-order valence-corrected chi connectivity index (χ0v) is 15.6. The summed E-state index contributed by atoms with van der Waals surface area (Å²) in [4.78, 5) is 13.6. The van der Waals surface area contributed by atoms with Gasteiger partial charge >= 0.3 is 0 Å². The maximum atomic E-state index is 11.0. The summed E-state index contributed by atoms with van der Waals surface area (Å²) in [6.45, 7) is 6.10. The molecule has 2 aromatic heterocycles. The molecule has 0 aliphatic carbocycles. The van der Waals surface area contributed by atoms with Gasteiger partial charge in [-0.1, -0.05) is 51.1 Å². The molecule has 0 saturated carbocycles. The third kappa shape index (κ3) is 3.20. The van der Waals surface area contributed by atoms with E-state index in [1.807, 2.05) is 51.1 Å². The number of hydrogen-bond donors (Lipinski definition) is 1. The van der Waals surface area contributed by atoms with Gasteiger partial charge < -0.3 is 14.6 Å². The molecule has 2 heterocycles. The van der Waals surface area contributed by atoms with Crippen LogP contribution in [0, 0.1) is 0 Å². The fourth-order valence-electron chi connectivity index (χ4n) is 2.80. The monoisotopic (exact) mass is 353 g/mol. The van der Waals surface area contributed by atoms with Crippen molar-refractivity contribution in [3.8, 4) is 11.8 Å². The fourth-order valence-corrected chi connectivity index (χ4v) is 2.80. The van der Waals surface area contributed by atoms with Crippen LogP contribution in [-0.2, 0) is 5.41 Å². The number of pyridine rings is 1. The van der Waals surface area contributed by atoms with E-state index < -0.39 is 6.10 Å². The molecule has 6 heteroatoms. The number of aliphatic hydroxyl groups excluding tert-OH is 1. The van der Waals surface area contributed by atoms with Crippen LogP contribution in [0.5, 0.6) is 11.8 Å². The molecule has 0 aliphatic rings. The lowest BCUT2D eigenvalue weighted by Gasteiger charge is -2.21. The second kappa shape index (κ2) is 6.88. The summed E-state index contributed by atoms with van der Waals surface area (Å²) in [6, 6.07) is 9.33. The topological polar surface area (TPSA) is 77.4 Å². The van der Waals surface area contributed by atoms with E-state index in [1.165, 1.54) is 7.11 Å². The number of nitrogens with zero attached hydrogens (tertiary/aromatic N) is 3. The highest BCUT2D eigenvalue weighted by molar-refractivity contribution is 5.88. The van der Waals surface area contributed by atoms with Gasteiger partial charge in [-0.25, -0.2) is 9.97 Å². The van der Waals surface area contributed by atoms with Gasteiger partial charge in [-0.2, -0.15) is 4.98 Å². The fraction of sp³-hybridized carbons (Fsp3) is 0.350. The number of methoxy groups -OCH3 is 2. The van der Waals surface area contributed by atoms with Crippen LogP contribution in [0.1, 0.15) is 43.8 Å².